The van der Waals surface area contributed by atoms with Gasteiger partial charge < -0.3 is 34.9 Å². The molecule has 2 aliphatic heterocycles. The van der Waals surface area contributed by atoms with Crippen LogP contribution in [0.25, 0.3) is 10.9 Å². The third-order valence-corrected chi connectivity index (χ3v) is 5.30. The van der Waals surface area contributed by atoms with Crippen molar-refractivity contribution in [1.29, 1.82) is 0 Å². The molecule has 1 aromatic heterocycles. The van der Waals surface area contributed by atoms with Crippen molar-refractivity contribution < 1.29 is 24.1 Å². The molecule has 2 saturated heterocycles. The zero-order valence-corrected chi connectivity index (χ0v) is 18.8. The predicted molar refractivity (Wildman–Crippen MR) is 118 cm³/mol. The van der Waals surface area contributed by atoms with Gasteiger partial charge in [-0.25, -0.2) is 4.98 Å². The molecule has 0 aliphatic carbocycles. The molecule has 1 atom stereocenters. The molecule has 2 fully saturated rings. The van der Waals surface area contributed by atoms with Gasteiger partial charge in [-0.1, -0.05) is 0 Å². The van der Waals surface area contributed by atoms with Crippen molar-refractivity contribution in [3.63, 3.8) is 0 Å². The lowest BCUT2D eigenvalue weighted by Gasteiger charge is -2.35. The number of amides is 1. The van der Waals surface area contributed by atoms with Crippen molar-refractivity contribution in [2.75, 3.05) is 64.7 Å². The number of fused-ring (bicyclic) bond motifs is 1. The maximum atomic E-state index is 12.5. The van der Waals surface area contributed by atoms with Crippen LogP contribution in [0.2, 0.25) is 0 Å². The van der Waals surface area contributed by atoms with Gasteiger partial charge in [-0.3, -0.25) is 4.79 Å². The summed E-state index contributed by atoms with van der Waals surface area (Å²) in [6.45, 7) is 3.21. The maximum absolute atomic E-state index is 12.5. The average molecular weight is 455 g/mol. The number of methoxy groups -OCH3 is 2. The minimum atomic E-state index is -0.276. The van der Waals surface area contributed by atoms with Crippen molar-refractivity contribution in [1.82, 2.24) is 14.9 Å². The van der Waals surface area contributed by atoms with E-state index in [1.807, 2.05) is 9.80 Å². The third kappa shape index (κ3) is 5.20. The summed E-state index contributed by atoms with van der Waals surface area (Å²) in [5.74, 6) is 2.21. The quantitative estimate of drug-likeness (QED) is 0.700. The highest BCUT2D eigenvalue weighted by Crippen LogP contribution is 2.34. The largest absolute Gasteiger partial charge is 0.857 e. The topological polar surface area (TPSA) is 126 Å². The number of benzene rings is 1. The SMILES string of the molecule is COc1cc2nc(N3CCN(C(=O)C4CCCO4)CC3)nc(N)c2cc1OC.C[O-].Cl. The first-order valence-corrected chi connectivity index (χ1v) is 9.86. The lowest BCUT2D eigenvalue weighted by Crippen LogP contribution is -2.51. The Morgan fingerprint density at radius 1 is 1.13 bits per heavy atom. The van der Waals surface area contributed by atoms with E-state index in [0.717, 1.165) is 20.0 Å². The monoisotopic (exact) mass is 454 g/mol. The fourth-order valence-corrected chi connectivity index (χ4v) is 3.71. The van der Waals surface area contributed by atoms with Gasteiger partial charge in [0.2, 0.25) is 5.95 Å². The first-order valence-electron chi connectivity index (χ1n) is 9.86. The van der Waals surface area contributed by atoms with Crippen LogP contribution in [0.5, 0.6) is 11.5 Å². The van der Waals surface area contributed by atoms with Crippen LogP contribution in [-0.4, -0.2) is 81.0 Å². The van der Waals surface area contributed by atoms with E-state index in [2.05, 4.69) is 9.97 Å². The smallest absolute Gasteiger partial charge is 0.251 e. The molecule has 10 nitrogen and oxygen atoms in total. The first-order chi connectivity index (χ1) is 14.6. The lowest BCUT2D eigenvalue weighted by molar-refractivity contribution is -0.325. The number of carbonyl (C=O) groups is 1. The average Bonchev–Trinajstić information content (AvgIpc) is 3.34. The Labute approximate surface area is 187 Å². The number of hydrogen-bond acceptors (Lipinski definition) is 9. The van der Waals surface area contributed by atoms with E-state index < -0.39 is 0 Å². The van der Waals surface area contributed by atoms with Gasteiger partial charge in [0.15, 0.2) is 11.5 Å². The molecule has 31 heavy (non-hydrogen) atoms. The number of rotatable bonds is 4. The maximum Gasteiger partial charge on any atom is 0.251 e. The zero-order valence-electron chi connectivity index (χ0n) is 18.0. The molecule has 11 heteroatoms. The van der Waals surface area contributed by atoms with Crippen LogP contribution in [0.15, 0.2) is 12.1 Å². The number of nitrogens with two attached hydrogens (primary N) is 1. The minimum Gasteiger partial charge on any atom is -0.857 e. The number of hydrogen-bond donors (Lipinski definition) is 1. The summed E-state index contributed by atoms with van der Waals surface area (Å²) in [5, 5.41) is 8.97. The molecule has 172 valence electrons. The second kappa shape index (κ2) is 11.2. The number of halogens is 1. The van der Waals surface area contributed by atoms with Crippen LogP contribution in [0.1, 0.15) is 12.8 Å². The van der Waals surface area contributed by atoms with Gasteiger partial charge in [-0.2, -0.15) is 12.1 Å². The number of carbonyl (C=O) groups excluding carboxylic acids is 1. The molecule has 2 aromatic rings. The standard InChI is InChI=1S/C19H25N5O4.CH3O.ClH/c1-26-15-10-12-13(11-16(15)27-2)21-19(22-17(12)20)24-7-5-23(6-8-24)18(25)14-4-3-9-28-14;1-2;/h10-11,14H,3-9H2,1-2H3,(H2,20,21,22);1H3;1H/q;-1;. The van der Waals surface area contributed by atoms with E-state index in [9.17, 15) is 4.79 Å². The number of piperazine rings is 1. The fraction of sp³-hybridized carbons (Fsp3) is 0.550. The van der Waals surface area contributed by atoms with Gasteiger partial charge in [-0.15, -0.1) is 12.4 Å². The van der Waals surface area contributed by atoms with E-state index in [1.165, 1.54) is 0 Å². The molecule has 1 unspecified atom stereocenters. The van der Waals surface area contributed by atoms with Crippen LogP contribution >= 0.6 is 12.4 Å². The molecule has 0 saturated carbocycles. The van der Waals surface area contributed by atoms with Gasteiger partial charge in [0.1, 0.15) is 11.9 Å². The summed E-state index contributed by atoms with van der Waals surface area (Å²) in [4.78, 5) is 25.6. The van der Waals surface area contributed by atoms with Crippen LogP contribution in [0.4, 0.5) is 11.8 Å². The Hall–Kier alpha value is -2.56. The summed E-state index contributed by atoms with van der Waals surface area (Å²) >= 11 is 0. The summed E-state index contributed by atoms with van der Waals surface area (Å²) in [5.41, 5.74) is 6.87. The van der Waals surface area contributed by atoms with E-state index in [0.29, 0.717) is 67.0 Å². The van der Waals surface area contributed by atoms with Crippen molar-refractivity contribution in [3.05, 3.63) is 12.1 Å². The molecule has 0 spiro atoms. The van der Waals surface area contributed by atoms with Crippen molar-refractivity contribution >= 4 is 41.0 Å². The van der Waals surface area contributed by atoms with Crippen molar-refractivity contribution in [2.24, 2.45) is 0 Å². The van der Waals surface area contributed by atoms with Crippen molar-refractivity contribution in [2.45, 2.75) is 18.9 Å². The molecule has 2 N–H and O–H groups in total. The highest BCUT2D eigenvalue weighted by Gasteiger charge is 2.31. The van der Waals surface area contributed by atoms with Crippen LogP contribution in [0, 0.1) is 0 Å². The normalized spacial score (nSPS) is 18.1. The molecule has 3 heterocycles. The van der Waals surface area contributed by atoms with Crippen molar-refractivity contribution in [3.8, 4) is 11.5 Å². The summed E-state index contributed by atoms with van der Waals surface area (Å²) in [6, 6.07) is 3.58. The molecular formula is C20H29ClN5O5-. The van der Waals surface area contributed by atoms with Gasteiger partial charge in [0, 0.05) is 44.2 Å². The van der Waals surface area contributed by atoms with E-state index in [-0.39, 0.29) is 24.4 Å². The summed E-state index contributed by atoms with van der Waals surface area (Å²) in [7, 11) is 3.91. The highest BCUT2D eigenvalue weighted by atomic mass is 35.5. The Morgan fingerprint density at radius 2 is 1.77 bits per heavy atom. The number of nitrogen functional groups attached to an aromatic ring is 1. The predicted octanol–water partition coefficient (Wildman–Crippen LogP) is 0.455. The molecule has 1 aromatic carbocycles. The van der Waals surface area contributed by atoms with Gasteiger partial charge in [0.25, 0.3) is 5.91 Å². The molecule has 4 rings (SSSR count). The molecule has 2 aliphatic rings. The number of aromatic nitrogens is 2. The summed E-state index contributed by atoms with van der Waals surface area (Å²) < 4.78 is 16.2. The van der Waals surface area contributed by atoms with Crippen LogP contribution in [-0.2, 0) is 9.53 Å². The Morgan fingerprint density at radius 3 is 2.35 bits per heavy atom. The Balaban J connectivity index is 0.00000111. The highest BCUT2D eigenvalue weighted by molar-refractivity contribution is 5.91. The molecule has 0 bridgehead atoms. The van der Waals surface area contributed by atoms with Gasteiger partial charge in [0.05, 0.1) is 19.7 Å². The minimum absolute atomic E-state index is 0. The number of anilines is 2. The van der Waals surface area contributed by atoms with Crippen LogP contribution < -0.4 is 25.2 Å². The number of nitrogens with zero attached hydrogens (tertiary/aromatic N) is 4. The zero-order chi connectivity index (χ0) is 21.7. The number of ether oxygens (including phenoxy) is 3. The Bertz CT molecular complexity index is 886. The lowest BCUT2D eigenvalue weighted by atomic mass is 10.2. The van der Waals surface area contributed by atoms with Gasteiger partial charge >= 0.3 is 0 Å². The summed E-state index contributed by atoms with van der Waals surface area (Å²) in [6.07, 6.45) is 1.49. The molecule has 1 amide bonds. The second-order valence-electron chi connectivity index (χ2n) is 6.95. The van der Waals surface area contributed by atoms with Gasteiger partial charge in [-0.05, 0) is 18.9 Å². The third-order valence-electron chi connectivity index (χ3n) is 5.30. The van der Waals surface area contributed by atoms with Crippen LogP contribution in [0.3, 0.4) is 0 Å². The first kappa shape index (κ1) is 24.7. The second-order valence-corrected chi connectivity index (χ2v) is 6.95. The molecule has 0 radical (unpaired) electrons. The van der Waals surface area contributed by atoms with E-state index >= 15 is 0 Å². The fourth-order valence-electron chi connectivity index (χ4n) is 3.71. The molecular weight excluding hydrogens is 426 g/mol. The van der Waals surface area contributed by atoms with E-state index in [1.54, 1.807) is 26.4 Å². The van der Waals surface area contributed by atoms with E-state index in [4.69, 9.17) is 25.1 Å². The Kier molecular flexibility index (Phi) is 8.90.